The van der Waals surface area contributed by atoms with Crippen LogP contribution in [0.5, 0.6) is 0 Å². The standard InChI is InChI=1S/C24H26N6O2/c1-15(20(31)17-4-2-16(12-25)3-5-17)29-23(32)19-7-11-30(13-24(19)8-9-24)22-18-6-10-26-21(18)27-14-28-22/h2-6,10,14-15,19-20,31H,7-9,11,13H2,1H3,(H,29,32)(H,26,27,28)/t15-,19-,20-/m1/s1. The van der Waals surface area contributed by atoms with Gasteiger partial charge in [0, 0.05) is 25.2 Å². The molecule has 0 unspecified atom stereocenters. The summed E-state index contributed by atoms with van der Waals surface area (Å²) in [6, 6.07) is 10.5. The number of nitriles is 1. The van der Waals surface area contributed by atoms with E-state index in [1.54, 1.807) is 30.6 Å². The van der Waals surface area contributed by atoms with Crippen molar-refractivity contribution in [2.75, 3.05) is 18.0 Å². The molecule has 164 valence electrons. The van der Waals surface area contributed by atoms with Crippen LogP contribution >= 0.6 is 0 Å². The van der Waals surface area contributed by atoms with Gasteiger partial charge in [-0.25, -0.2) is 9.97 Å². The van der Waals surface area contributed by atoms with Crippen LogP contribution in [0.3, 0.4) is 0 Å². The minimum absolute atomic E-state index is 0.0109. The van der Waals surface area contributed by atoms with E-state index in [4.69, 9.17) is 5.26 Å². The summed E-state index contributed by atoms with van der Waals surface area (Å²) in [5, 5.41) is 23.7. The predicted molar refractivity (Wildman–Crippen MR) is 120 cm³/mol. The zero-order valence-corrected chi connectivity index (χ0v) is 18.0. The van der Waals surface area contributed by atoms with Crippen LogP contribution in [0.15, 0.2) is 42.9 Å². The number of amides is 1. The topological polar surface area (TPSA) is 118 Å². The van der Waals surface area contributed by atoms with Gasteiger partial charge in [-0.05, 0) is 55.4 Å². The molecule has 8 heteroatoms. The lowest BCUT2D eigenvalue weighted by Gasteiger charge is -2.39. The summed E-state index contributed by atoms with van der Waals surface area (Å²) >= 11 is 0. The Morgan fingerprint density at radius 2 is 2.09 bits per heavy atom. The zero-order chi connectivity index (χ0) is 22.3. The highest BCUT2D eigenvalue weighted by Crippen LogP contribution is 2.56. The van der Waals surface area contributed by atoms with Gasteiger partial charge in [0.2, 0.25) is 5.91 Å². The molecule has 3 atom stereocenters. The summed E-state index contributed by atoms with van der Waals surface area (Å²) in [4.78, 5) is 27.4. The number of benzene rings is 1. The van der Waals surface area contributed by atoms with Crippen molar-refractivity contribution in [1.29, 1.82) is 5.26 Å². The number of carbonyl (C=O) groups excluding carboxylic acids is 1. The number of hydrogen-bond acceptors (Lipinski definition) is 6. The van der Waals surface area contributed by atoms with E-state index in [1.807, 2.05) is 19.2 Å². The summed E-state index contributed by atoms with van der Waals surface area (Å²) in [5.74, 6) is 0.862. The van der Waals surface area contributed by atoms with Crippen molar-refractivity contribution in [3.8, 4) is 6.07 Å². The molecule has 3 heterocycles. The SMILES string of the molecule is C[C@@H](NC(=O)[C@H]1CCN(c2ncnc3[nH]ccc23)CC12CC2)[C@@H](O)c1ccc(C#N)cc1. The molecule has 3 aromatic rings. The number of aromatic amines is 1. The van der Waals surface area contributed by atoms with Gasteiger partial charge in [-0.3, -0.25) is 4.79 Å². The largest absolute Gasteiger partial charge is 0.386 e. The lowest BCUT2D eigenvalue weighted by molar-refractivity contribution is -0.129. The second kappa shape index (κ2) is 7.92. The number of anilines is 1. The minimum atomic E-state index is -0.829. The number of piperidine rings is 1. The lowest BCUT2D eigenvalue weighted by atomic mass is 9.81. The van der Waals surface area contributed by atoms with Crippen LogP contribution < -0.4 is 10.2 Å². The molecule has 1 amide bonds. The number of fused-ring (bicyclic) bond motifs is 1. The second-order valence-electron chi connectivity index (χ2n) is 9.04. The first-order chi connectivity index (χ1) is 15.5. The third-order valence-electron chi connectivity index (χ3n) is 7.00. The van der Waals surface area contributed by atoms with Crippen LogP contribution in [0.25, 0.3) is 11.0 Å². The molecule has 8 nitrogen and oxygen atoms in total. The van der Waals surface area contributed by atoms with Crippen molar-refractivity contribution in [2.45, 2.75) is 38.3 Å². The Labute approximate surface area is 186 Å². The van der Waals surface area contributed by atoms with E-state index in [1.165, 1.54) is 0 Å². The maximum Gasteiger partial charge on any atom is 0.224 e. The smallest absolute Gasteiger partial charge is 0.224 e. The average Bonchev–Trinajstić information content (AvgIpc) is 3.39. The summed E-state index contributed by atoms with van der Waals surface area (Å²) < 4.78 is 0. The fourth-order valence-electron chi connectivity index (χ4n) is 4.98. The van der Waals surface area contributed by atoms with Crippen LogP contribution in [0.2, 0.25) is 0 Å². The summed E-state index contributed by atoms with van der Waals surface area (Å²) in [5.41, 5.74) is 2.02. The lowest BCUT2D eigenvalue weighted by Crippen LogP contribution is -2.50. The summed E-state index contributed by atoms with van der Waals surface area (Å²) in [6.07, 6.45) is 5.42. The number of nitrogens with zero attached hydrogens (tertiary/aromatic N) is 4. The molecule has 1 saturated carbocycles. The first kappa shape index (κ1) is 20.5. The van der Waals surface area contributed by atoms with Crippen LogP contribution in [-0.2, 0) is 4.79 Å². The number of aliphatic hydroxyl groups is 1. The first-order valence-electron chi connectivity index (χ1n) is 11.0. The van der Waals surface area contributed by atoms with Crippen LogP contribution in [-0.4, -0.2) is 45.1 Å². The normalized spacial score (nSPS) is 21.2. The Kier molecular flexibility index (Phi) is 5.06. The molecule has 1 aliphatic heterocycles. The van der Waals surface area contributed by atoms with Gasteiger partial charge in [0.15, 0.2) is 0 Å². The van der Waals surface area contributed by atoms with Gasteiger partial charge in [-0.1, -0.05) is 12.1 Å². The van der Waals surface area contributed by atoms with Crippen molar-refractivity contribution in [2.24, 2.45) is 11.3 Å². The Hall–Kier alpha value is -3.44. The van der Waals surface area contributed by atoms with Gasteiger partial charge in [0.05, 0.1) is 29.2 Å². The molecule has 2 aromatic heterocycles. The molecule has 0 bridgehead atoms. The highest BCUT2D eigenvalue weighted by molar-refractivity contribution is 5.87. The molecule has 1 aromatic carbocycles. The molecule has 1 spiro atoms. The number of hydrogen-bond donors (Lipinski definition) is 3. The Morgan fingerprint density at radius 1 is 1.31 bits per heavy atom. The number of H-pyrrole nitrogens is 1. The molecule has 1 aliphatic carbocycles. The van der Waals surface area contributed by atoms with E-state index < -0.39 is 12.1 Å². The minimum Gasteiger partial charge on any atom is -0.386 e. The van der Waals surface area contributed by atoms with Crippen molar-refractivity contribution in [3.63, 3.8) is 0 Å². The third-order valence-corrected chi connectivity index (χ3v) is 7.00. The number of carbonyl (C=O) groups is 1. The van der Waals surface area contributed by atoms with E-state index in [0.29, 0.717) is 11.1 Å². The van der Waals surface area contributed by atoms with Crippen molar-refractivity contribution in [1.82, 2.24) is 20.3 Å². The molecule has 0 radical (unpaired) electrons. The van der Waals surface area contributed by atoms with E-state index in [2.05, 4.69) is 31.2 Å². The van der Waals surface area contributed by atoms with Gasteiger partial charge in [-0.15, -0.1) is 0 Å². The summed E-state index contributed by atoms with van der Waals surface area (Å²) in [6.45, 7) is 3.37. The molecular weight excluding hydrogens is 404 g/mol. The van der Waals surface area contributed by atoms with E-state index in [0.717, 1.165) is 49.2 Å². The number of aliphatic hydroxyl groups excluding tert-OH is 1. The fraction of sp³-hybridized carbons (Fsp3) is 0.417. The highest BCUT2D eigenvalue weighted by Gasteiger charge is 2.55. The van der Waals surface area contributed by atoms with Crippen molar-refractivity contribution in [3.05, 3.63) is 54.0 Å². The van der Waals surface area contributed by atoms with Crippen molar-refractivity contribution < 1.29 is 9.90 Å². The second-order valence-corrected chi connectivity index (χ2v) is 9.04. The third kappa shape index (κ3) is 3.59. The van der Waals surface area contributed by atoms with Crippen LogP contribution in [0.1, 0.15) is 43.4 Å². The summed E-state index contributed by atoms with van der Waals surface area (Å²) in [7, 11) is 0. The number of nitrogens with one attached hydrogen (secondary N) is 2. The Balaban J connectivity index is 1.26. The molecule has 5 rings (SSSR count). The zero-order valence-electron chi connectivity index (χ0n) is 18.0. The first-order valence-corrected chi connectivity index (χ1v) is 11.0. The van der Waals surface area contributed by atoms with Gasteiger partial charge in [0.1, 0.15) is 17.8 Å². The maximum absolute atomic E-state index is 13.2. The molecule has 3 N–H and O–H groups in total. The number of rotatable bonds is 5. The Bertz CT molecular complexity index is 1180. The quantitative estimate of drug-likeness (QED) is 0.573. The Morgan fingerprint density at radius 3 is 2.81 bits per heavy atom. The number of aromatic nitrogens is 3. The van der Waals surface area contributed by atoms with E-state index in [-0.39, 0.29) is 17.2 Å². The van der Waals surface area contributed by atoms with Gasteiger partial charge in [0.25, 0.3) is 0 Å². The van der Waals surface area contributed by atoms with Crippen LogP contribution in [0, 0.1) is 22.7 Å². The van der Waals surface area contributed by atoms with Gasteiger partial charge in [-0.2, -0.15) is 5.26 Å². The monoisotopic (exact) mass is 430 g/mol. The van der Waals surface area contributed by atoms with Crippen molar-refractivity contribution >= 4 is 22.8 Å². The van der Waals surface area contributed by atoms with Crippen LogP contribution in [0.4, 0.5) is 5.82 Å². The van der Waals surface area contributed by atoms with Gasteiger partial charge < -0.3 is 20.3 Å². The molecule has 1 saturated heterocycles. The highest BCUT2D eigenvalue weighted by atomic mass is 16.3. The molecule has 2 fully saturated rings. The molecule has 2 aliphatic rings. The average molecular weight is 431 g/mol. The van der Waals surface area contributed by atoms with E-state index in [9.17, 15) is 9.90 Å². The fourth-order valence-corrected chi connectivity index (χ4v) is 4.98. The van der Waals surface area contributed by atoms with E-state index >= 15 is 0 Å². The predicted octanol–water partition coefficient (Wildman–Crippen LogP) is 2.67. The maximum atomic E-state index is 13.2. The molecular formula is C24H26N6O2. The van der Waals surface area contributed by atoms with Gasteiger partial charge >= 0.3 is 0 Å². The molecule has 32 heavy (non-hydrogen) atoms.